The zero-order chi connectivity index (χ0) is 63.3. The summed E-state index contributed by atoms with van der Waals surface area (Å²) in [5, 5.41) is 12.0. The van der Waals surface area contributed by atoms with Gasteiger partial charge in [0.2, 0.25) is 35.4 Å². The van der Waals surface area contributed by atoms with Gasteiger partial charge in [-0.2, -0.15) is 0 Å². The molecule has 4 N–H and O–H groups in total. The predicted octanol–water partition coefficient (Wildman–Crippen LogP) is 7.29. The first kappa shape index (κ1) is 66.6. The smallest absolute Gasteiger partial charge is 0.410 e. The number of carbonyl (C=O) groups excluding carboxylic acids is 9. The lowest BCUT2D eigenvalue weighted by molar-refractivity contribution is -0.147. The lowest BCUT2D eigenvalue weighted by atomic mass is 9.83. The summed E-state index contributed by atoms with van der Waals surface area (Å²) in [5.41, 5.74) is 1.65. The third-order valence-corrected chi connectivity index (χ3v) is 16.2. The second-order valence-corrected chi connectivity index (χ2v) is 27.2. The van der Waals surface area contributed by atoms with Gasteiger partial charge in [-0.15, -0.1) is 0 Å². The molecule has 0 radical (unpaired) electrons. The fourth-order valence-electron chi connectivity index (χ4n) is 11.0. The molecule has 9 atom stereocenters. The van der Waals surface area contributed by atoms with Crippen molar-refractivity contribution in [3.63, 3.8) is 0 Å². The molecular formula is C65H92N8O12. The van der Waals surface area contributed by atoms with Crippen LogP contribution in [0.1, 0.15) is 162 Å². The van der Waals surface area contributed by atoms with Gasteiger partial charge in [0, 0.05) is 45.9 Å². The van der Waals surface area contributed by atoms with E-state index in [0.29, 0.717) is 12.0 Å². The molecule has 2 heterocycles. The van der Waals surface area contributed by atoms with Crippen molar-refractivity contribution in [2.24, 2.45) is 10.8 Å². The summed E-state index contributed by atoms with van der Waals surface area (Å²) < 4.78 is 16.2. The maximum absolute atomic E-state index is 15.5. The number of methoxy groups -OCH3 is 1. The fourth-order valence-corrected chi connectivity index (χ4v) is 11.0. The first-order valence-corrected chi connectivity index (χ1v) is 29.5. The van der Waals surface area contributed by atoms with Crippen LogP contribution in [-0.4, -0.2) is 154 Å². The Kier molecular flexibility index (Phi) is 21.0. The van der Waals surface area contributed by atoms with Crippen molar-refractivity contribution in [1.82, 2.24) is 40.9 Å². The van der Waals surface area contributed by atoms with E-state index < -0.39 is 118 Å². The van der Waals surface area contributed by atoms with Gasteiger partial charge in [0.05, 0.1) is 13.2 Å². The van der Waals surface area contributed by atoms with Crippen LogP contribution in [0.3, 0.4) is 0 Å². The molecule has 464 valence electrons. The number of carbonyl (C=O) groups is 9. The van der Waals surface area contributed by atoms with Gasteiger partial charge in [0.15, 0.2) is 0 Å². The average molecular weight is 1180 g/mol. The number of rotatable bonds is 16. The van der Waals surface area contributed by atoms with E-state index in [4.69, 9.17) is 14.2 Å². The molecule has 0 spiro atoms. The molecule has 0 bridgehead atoms. The number of nitrogens with one attached hydrogen (secondary N) is 4. The molecule has 1 fully saturated rings. The molecule has 20 heteroatoms. The SMILES string of the molecule is COC(=O)[C@H](Cc1ccccc1)NC(=O)[C@@H]1C[C@H](c2ccc3c(c2)CN(C(=O)[C@@H](NC(=O)[C@H](C)N(C)C(=O)OC(C)(C)C)C(C)(C)C)[C@H](C(=O)N[C@@H]2CCCc4ccccc42)C3)CN1C(=O)[C@@H](NC(=O)[C@H](C)N(C)C(=O)OC(C)(C)C)C(C)(C)C. The van der Waals surface area contributed by atoms with E-state index >= 15 is 9.59 Å². The normalized spacial score (nSPS) is 19.7. The van der Waals surface area contributed by atoms with Gasteiger partial charge in [0.25, 0.3) is 0 Å². The number of amides is 8. The number of likely N-dealkylation sites (tertiary alicyclic amines) is 1. The van der Waals surface area contributed by atoms with Gasteiger partial charge in [-0.25, -0.2) is 14.4 Å². The summed E-state index contributed by atoms with van der Waals surface area (Å²) >= 11 is 0. The van der Waals surface area contributed by atoms with Crippen LogP contribution in [0.2, 0.25) is 0 Å². The number of hydrogen-bond donors (Lipinski definition) is 4. The fraction of sp³-hybridized carbons (Fsp3) is 0.585. The third-order valence-electron chi connectivity index (χ3n) is 16.2. The Morgan fingerprint density at radius 1 is 0.624 bits per heavy atom. The molecule has 85 heavy (non-hydrogen) atoms. The summed E-state index contributed by atoms with van der Waals surface area (Å²) in [7, 11) is 4.11. The molecule has 6 rings (SSSR count). The highest BCUT2D eigenvalue weighted by molar-refractivity contribution is 5.97. The lowest BCUT2D eigenvalue weighted by Gasteiger charge is -2.42. The first-order valence-electron chi connectivity index (χ1n) is 29.5. The molecule has 2 aliphatic heterocycles. The monoisotopic (exact) mass is 1180 g/mol. The van der Waals surface area contributed by atoms with Crippen molar-refractivity contribution >= 4 is 53.6 Å². The van der Waals surface area contributed by atoms with Gasteiger partial charge >= 0.3 is 18.2 Å². The van der Waals surface area contributed by atoms with Gasteiger partial charge < -0.3 is 45.3 Å². The highest BCUT2D eigenvalue weighted by Crippen LogP contribution is 2.38. The Labute approximate surface area is 502 Å². The van der Waals surface area contributed by atoms with Crippen LogP contribution >= 0.6 is 0 Å². The molecule has 0 aromatic heterocycles. The van der Waals surface area contributed by atoms with Crippen LogP contribution in [0.25, 0.3) is 0 Å². The number of nitrogens with zero attached hydrogens (tertiary/aromatic N) is 4. The van der Waals surface area contributed by atoms with E-state index in [1.165, 1.54) is 42.8 Å². The van der Waals surface area contributed by atoms with E-state index in [0.717, 1.165) is 45.6 Å². The van der Waals surface area contributed by atoms with Crippen LogP contribution in [0.5, 0.6) is 0 Å². The number of benzene rings is 3. The molecule has 3 aliphatic rings. The number of ether oxygens (including phenoxy) is 3. The highest BCUT2D eigenvalue weighted by atomic mass is 16.6. The Morgan fingerprint density at radius 2 is 1.15 bits per heavy atom. The van der Waals surface area contributed by atoms with E-state index in [-0.39, 0.29) is 44.3 Å². The summed E-state index contributed by atoms with van der Waals surface area (Å²) in [5.74, 6) is -4.49. The van der Waals surface area contributed by atoms with E-state index in [2.05, 4.69) is 27.3 Å². The number of aryl methyl sites for hydroxylation is 1. The largest absolute Gasteiger partial charge is 0.467 e. The van der Waals surface area contributed by atoms with Crippen LogP contribution in [0.4, 0.5) is 9.59 Å². The summed E-state index contributed by atoms with van der Waals surface area (Å²) in [6, 6.07) is 14.8. The maximum atomic E-state index is 15.5. The second-order valence-electron chi connectivity index (χ2n) is 27.2. The molecule has 1 aliphatic carbocycles. The van der Waals surface area contributed by atoms with Crippen LogP contribution in [-0.2, 0) is 73.6 Å². The minimum absolute atomic E-state index is 0.00229. The second kappa shape index (κ2) is 26.8. The molecule has 0 saturated carbocycles. The number of fused-ring (bicyclic) bond motifs is 2. The molecule has 3 aromatic rings. The van der Waals surface area contributed by atoms with Gasteiger partial charge in [-0.1, -0.05) is 114 Å². The number of hydrogen-bond acceptors (Lipinski definition) is 12. The van der Waals surface area contributed by atoms with E-state index in [9.17, 15) is 33.6 Å². The predicted molar refractivity (Wildman–Crippen MR) is 321 cm³/mol. The molecule has 3 aromatic carbocycles. The first-order chi connectivity index (χ1) is 39.5. The molecule has 20 nitrogen and oxygen atoms in total. The standard InChI is InChI=1S/C65H92N8O12/c1-38(70(15)60(81)84-64(9,10)11)53(74)68-51(62(3,4)5)57(78)72-36-44-33-42(30-31-43(44)34-49(72)55(76)66-47-29-23-27-41-26-21-22-28-46(41)47)45-35-50(56(77)67-48(59(80)83-17)32-40-24-19-18-20-25-40)73(37-45)58(79)52(63(6,7)8)69-54(75)39(2)71(16)61(82)85-65(12,13)14/h18-22,24-26,28,30-31,33,38-39,45,47-52H,23,27,29,32,34-37H2,1-17H3,(H,66,76)(H,67,77)(H,68,74)(H,69,75)/t38-,39-,45-,47+,48-,49-,50-,51+,52+/m0/s1. The van der Waals surface area contributed by atoms with Gasteiger partial charge in [-0.3, -0.25) is 38.6 Å². The Balaban J connectivity index is 1.38. The molecule has 0 unspecified atom stereocenters. The van der Waals surface area contributed by atoms with Crippen molar-refractivity contribution in [3.05, 3.63) is 106 Å². The zero-order valence-corrected chi connectivity index (χ0v) is 53.0. The van der Waals surface area contributed by atoms with Crippen LogP contribution in [0, 0.1) is 10.8 Å². The quantitative estimate of drug-likeness (QED) is 0.0817. The van der Waals surface area contributed by atoms with Crippen molar-refractivity contribution in [2.75, 3.05) is 27.7 Å². The van der Waals surface area contributed by atoms with Gasteiger partial charge in [-0.05, 0) is 125 Å². The summed E-state index contributed by atoms with van der Waals surface area (Å²) in [4.78, 5) is 134. The maximum Gasteiger partial charge on any atom is 0.410 e. The topological polar surface area (TPSA) is 242 Å². The van der Waals surface area contributed by atoms with E-state index in [1.54, 1.807) is 69.2 Å². The minimum atomic E-state index is -1.21. The van der Waals surface area contributed by atoms with Crippen molar-refractivity contribution < 1.29 is 57.4 Å². The average Bonchev–Trinajstić information content (AvgIpc) is 2.37. The summed E-state index contributed by atoms with van der Waals surface area (Å²) in [6.07, 6.45) is 1.30. The van der Waals surface area contributed by atoms with E-state index in [1.807, 2.05) is 87.5 Å². The minimum Gasteiger partial charge on any atom is -0.467 e. The van der Waals surface area contributed by atoms with Crippen LogP contribution < -0.4 is 21.3 Å². The Morgan fingerprint density at radius 3 is 1.68 bits per heavy atom. The van der Waals surface area contributed by atoms with Crippen molar-refractivity contribution in [1.29, 1.82) is 0 Å². The number of likely N-dealkylation sites (N-methyl/N-ethyl adjacent to an activating group) is 2. The van der Waals surface area contributed by atoms with Crippen molar-refractivity contribution in [3.8, 4) is 0 Å². The van der Waals surface area contributed by atoms with Gasteiger partial charge in [0.1, 0.15) is 53.5 Å². The molecular weight excluding hydrogens is 1080 g/mol. The molecule has 8 amide bonds. The zero-order valence-electron chi connectivity index (χ0n) is 53.0. The lowest BCUT2D eigenvalue weighted by Crippen LogP contribution is -2.62. The Bertz CT molecular complexity index is 2960. The van der Waals surface area contributed by atoms with Crippen molar-refractivity contribution in [2.45, 2.75) is 207 Å². The van der Waals surface area contributed by atoms with Crippen LogP contribution in [0.15, 0.2) is 72.8 Å². The number of esters is 1. The summed E-state index contributed by atoms with van der Waals surface area (Å²) in [6.45, 7) is 24.1. The molecule has 1 saturated heterocycles. The third kappa shape index (κ3) is 16.9. The highest BCUT2D eigenvalue weighted by Gasteiger charge is 2.48. The Hall–Kier alpha value is -7.51.